The number of benzene rings is 2. The van der Waals surface area contributed by atoms with E-state index in [2.05, 4.69) is 9.97 Å². The van der Waals surface area contributed by atoms with Crippen LogP contribution < -0.4 is 0 Å². The molecule has 398 valence electrons. The van der Waals surface area contributed by atoms with Gasteiger partial charge in [0, 0.05) is 50.0 Å². The number of amides is 1. The van der Waals surface area contributed by atoms with E-state index in [1.807, 2.05) is 0 Å². The summed E-state index contributed by atoms with van der Waals surface area (Å²) in [6.45, 7) is 15.2. The SMILES string of the molecule is CC(=O)O[C@@]12CO[C@@H]1C[C@H](OC(=O)n1ccnc1)[C@@]1(C)C(=O)[C@H](OC(=O)n3ccnc3)C3=C(C)[C@@H](OC(=O)[C@@H]4OC(C)(C)N(C(=O)OC(C)(C)C)[C@@H]4c4ccccc4)C[C@@](O)([C@@H](OC(=O)c4ccccc4)[C@H]21)C3(C)C. The van der Waals surface area contributed by atoms with E-state index in [-0.39, 0.29) is 29.7 Å². The first-order chi connectivity index (χ1) is 35.2. The lowest BCUT2D eigenvalue weighted by Crippen LogP contribution is -2.82. The van der Waals surface area contributed by atoms with Crippen molar-refractivity contribution in [3.63, 3.8) is 0 Å². The Morgan fingerprint density at radius 3 is 1.95 bits per heavy atom. The predicted molar refractivity (Wildman–Crippen MR) is 259 cm³/mol. The van der Waals surface area contributed by atoms with Gasteiger partial charge in [0.15, 0.2) is 23.6 Å². The summed E-state index contributed by atoms with van der Waals surface area (Å²) in [6.07, 6.45) is -5.70. The zero-order valence-electron chi connectivity index (χ0n) is 43.3. The molecule has 21 heteroatoms. The summed E-state index contributed by atoms with van der Waals surface area (Å²) in [4.78, 5) is 112. The molecule has 0 spiro atoms. The molecule has 2 saturated carbocycles. The molecule has 3 aliphatic carbocycles. The van der Waals surface area contributed by atoms with E-state index in [0.29, 0.717) is 5.56 Å². The molecule has 2 aromatic heterocycles. The highest BCUT2D eigenvalue weighted by molar-refractivity contribution is 5.96. The highest BCUT2D eigenvalue weighted by atomic mass is 16.6. The second-order valence-electron chi connectivity index (χ2n) is 21.9. The molecule has 1 N–H and O–H groups in total. The summed E-state index contributed by atoms with van der Waals surface area (Å²) in [5.74, 6) is -5.39. The van der Waals surface area contributed by atoms with Crippen molar-refractivity contribution in [3.05, 3.63) is 120 Å². The van der Waals surface area contributed by atoms with Crippen LogP contribution in [0.3, 0.4) is 0 Å². The molecule has 75 heavy (non-hydrogen) atoms. The first-order valence-electron chi connectivity index (χ1n) is 24.6. The van der Waals surface area contributed by atoms with E-state index in [9.17, 15) is 29.1 Å². The average Bonchev–Trinajstić information content (AvgIpc) is 4.14. The second-order valence-corrected chi connectivity index (χ2v) is 21.9. The highest BCUT2D eigenvalue weighted by Crippen LogP contribution is 2.65. The molecule has 2 bridgehead atoms. The maximum atomic E-state index is 16.6. The van der Waals surface area contributed by atoms with Gasteiger partial charge in [0.2, 0.25) is 0 Å². The summed E-state index contributed by atoms with van der Waals surface area (Å²) in [6, 6.07) is 15.4. The summed E-state index contributed by atoms with van der Waals surface area (Å²) in [5, 5.41) is 14.3. The van der Waals surface area contributed by atoms with Crippen molar-refractivity contribution in [1.29, 1.82) is 0 Å². The van der Waals surface area contributed by atoms with Gasteiger partial charge < -0.3 is 43.0 Å². The monoisotopic (exact) mass is 1040 g/mol. The number of imidazole rings is 2. The van der Waals surface area contributed by atoms with Crippen molar-refractivity contribution in [1.82, 2.24) is 24.0 Å². The van der Waals surface area contributed by atoms with Gasteiger partial charge in [0.1, 0.15) is 60.0 Å². The van der Waals surface area contributed by atoms with Crippen LogP contribution in [0, 0.1) is 16.7 Å². The second kappa shape index (κ2) is 18.9. The topological polar surface area (TPSA) is 252 Å². The van der Waals surface area contributed by atoms with Crippen LogP contribution in [0.5, 0.6) is 0 Å². The van der Waals surface area contributed by atoms with Crippen LogP contribution in [0.15, 0.2) is 109 Å². The fourth-order valence-electron chi connectivity index (χ4n) is 12.0. The smallest absolute Gasteiger partial charge is 0.420 e. The molecule has 4 heterocycles. The van der Waals surface area contributed by atoms with Crippen molar-refractivity contribution >= 4 is 42.0 Å². The summed E-state index contributed by atoms with van der Waals surface area (Å²) in [5.41, 5.74) is -10.2. The largest absolute Gasteiger partial charge is 0.456 e. The Bertz CT molecular complexity index is 2920. The van der Waals surface area contributed by atoms with Crippen LogP contribution in [0.1, 0.15) is 104 Å². The zero-order chi connectivity index (χ0) is 54.2. The molecule has 9 rings (SSSR count). The molecule has 0 radical (unpaired) electrons. The average molecular weight is 1040 g/mol. The van der Waals surface area contributed by atoms with E-state index in [0.717, 1.165) is 22.4 Å². The van der Waals surface area contributed by atoms with Crippen molar-refractivity contribution < 1.29 is 76.6 Å². The van der Waals surface area contributed by atoms with E-state index in [1.54, 1.807) is 104 Å². The minimum Gasteiger partial charge on any atom is -0.456 e. The van der Waals surface area contributed by atoms with Gasteiger partial charge in [-0.05, 0) is 77.3 Å². The van der Waals surface area contributed by atoms with Crippen LogP contribution in [0.4, 0.5) is 14.4 Å². The maximum Gasteiger partial charge on any atom is 0.420 e. The Kier molecular flexibility index (Phi) is 13.2. The van der Waals surface area contributed by atoms with Gasteiger partial charge in [0.05, 0.1) is 23.5 Å². The number of Topliss-reactive ketones (excluding diaryl/α,β-unsaturated/α-hetero) is 1. The molecule has 4 aromatic rings. The lowest BCUT2D eigenvalue weighted by Gasteiger charge is -2.67. The third-order valence-corrected chi connectivity index (χ3v) is 15.5. The minimum atomic E-state index is -2.50. The molecular formula is C54H61N5O16. The summed E-state index contributed by atoms with van der Waals surface area (Å²) < 4.78 is 52.5. The van der Waals surface area contributed by atoms with Gasteiger partial charge >= 0.3 is 36.2 Å². The number of aromatic nitrogens is 4. The number of ketones is 1. The molecule has 21 nitrogen and oxygen atoms in total. The highest BCUT2D eigenvalue weighted by Gasteiger charge is 2.79. The molecule has 11 atom stereocenters. The van der Waals surface area contributed by atoms with E-state index in [1.165, 1.54) is 55.1 Å². The predicted octanol–water partition coefficient (Wildman–Crippen LogP) is 6.52. The molecular weight excluding hydrogens is 975 g/mol. The van der Waals surface area contributed by atoms with Crippen molar-refractivity contribution in [2.24, 2.45) is 16.7 Å². The fourth-order valence-corrected chi connectivity index (χ4v) is 12.0. The first kappa shape index (κ1) is 52.6. The molecule has 1 amide bonds. The van der Waals surface area contributed by atoms with Crippen LogP contribution in [0.25, 0.3) is 0 Å². The van der Waals surface area contributed by atoms with Crippen LogP contribution in [-0.2, 0) is 52.3 Å². The van der Waals surface area contributed by atoms with Crippen LogP contribution >= 0.6 is 0 Å². The number of rotatable bonds is 8. The van der Waals surface area contributed by atoms with Crippen LogP contribution in [0.2, 0.25) is 0 Å². The maximum absolute atomic E-state index is 16.6. The lowest BCUT2D eigenvalue weighted by molar-refractivity contribution is -0.345. The molecule has 4 fully saturated rings. The molecule has 2 saturated heterocycles. The number of nitrogens with zero attached hydrogens (tertiary/aromatic N) is 5. The Hall–Kier alpha value is -7.23. The fraction of sp³-hybridized carbons (Fsp3) is 0.500. The number of fused-ring (bicyclic) bond motifs is 5. The van der Waals surface area contributed by atoms with Crippen LogP contribution in [-0.4, -0.2) is 137 Å². The number of hydrogen-bond donors (Lipinski definition) is 1. The normalized spacial score (nSPS) is 31.5. The first-order valence-corrected chi connectivity index (χ1v) is 24.6. The van der Waals surface area contributed by atoms with Crippen molar-refractivity contribution in [2.45, 2.75) is 147 Å². The Labute approximate surface area is 432 Å². The number of carbonyl (C=O) groups is 7. The number of esters is 3. The number of hydrogen-bond acceptors (Lipinski definition) is 18. The molecule has 0 unspecified atom stereocenters. The summed E-state index contributed by atoms with van der Waals surface area (Å²) in [7, 11) is 0. The van der Waals surface area contributed by atoms with Gasteiger partial charge in [-0.2, -0.15) is 0 Å². The molecule has 2 aromatic carbocycles. The standard InChI is InChI=1S/C54H61N5O16/c1-30-34(69-45(63)40-38(32-17-13-11-14-18-32)59(51(8,9)74-40)48(66)75-49(3,4)5)26-54(67)43(72-44(62)33-19-15-12-16-20-33)41-52(10,42(61)39(37(30)50(54,6)7)71-47(65)58-24-22-56-29-58)35(70-46(64)57-23-21-55-28-57)25-36-53(41,27-68-36)73-31(2)60/h11-24,28-29,34-36,38-41,43,67H,25-27H2,1-10H3/t34-,35-,36+,38+,39+,40+,41-,43-,52+,53-,54+/m0/s1. The lowest BCUT2D eigenvalue weighted by atomic mass is 9.44. The third-order valence-electron chi connectivity index (χ3n) is 15.5. The Morgan fingerprint density at radius 2 is 1.40 bits per heavy atom. The summed E-state index contributed by atoms with van der Waals surface area (Å²) >= 11 is 0. The number of aliphatic hydroxyl groups is 1. The van der Waals surface area contributed by atoms with E-state index in [4.69, 9.17) is 37.9 Å². The quantitative estimate of drug-likeness (QED) is 0.112. The van der Waals surface area contributed by atoms with Gasteiger partial charge in [0.25, 0.3) is 0 Å². The minimum absolute atomic E-state index is 0.0381. The van der Waals surface area contributed by atoms with Gasteiger partial charge in [-0.25, -0.2) is 43.1 Å². The molecule has 5 aliphatic rings. The van der Waals surface area contributed by atoms with Gasteiger partial charge in [-0.1, -0.05) is 62.4 Å². The number of ether oxygens (including phenoxy) is 8. The number of carbonyl (C=O) groups excluding carboxylic acids is 7. The molecule has 2 aliphatic heterocycles. The van der Waals surface area contributed by atoms with E-state index < -0.39 is 130 Å². The Morgan fingerprint density at radius 1 is 0.800 bits per heavy atom. The third kappa shape index (κ3) is 8.86. The van der Waals surface area contributed by atoms with Gasteiger partial charge in [-0.3, -0.25) is 14.5 Å². The Balaban J connectivity index is 1.26. The van der Waals surface area contributed by atoms with Crippen molar-refractivity contribution in [2.75, 3.05) is 6.61 Å². The van der Waals surface area contributed by atoms with Crippen molar-refractivity contribution in [3.8, 4) is 0 Å². The zero-order valence-corrected chi connectivity index (χ0v) is 43.3. The van der Waals surface area contributed by atoms with E-state index >= 15 is 9.59 Å². The van der Waals surface area contributed by atoms with Gasteiger partial charge in [-0.15, -0.1) is 0 Å².